The topological polar surface area (TPSA) is 159 Å². The summed E-state index contributed by atoms with van der Waals surface area (Å²) in [4.78, 5) is 62.6. The van der Waals surface area contributed by atoms with Crippen molar-refractivity contribution in [3.8, 4) is 5.75 Å². The Labute approximate surface area is 186 Å². The summed E-state index contributed by atoms with van der Waals surface area (Å²) in [5.74, 6) is -1.32. The summed E-state index contributed by atoms with van der Waals surface area (Å²) in [6.45, 7) is 1.78. The van der Waals surface area contributed by atoms with Crippen LogP contribution in [0.5, 0.6) is 5.75 Å². The van der Waals surface area contributed by atoms with E-state index in [0.29, 0.717) is 29.3 Å². The van der Waals surface area contributed by atoms with Gasteiger partial charge in [-0.1, -0.05) is 0 Å². The zero-order chi connectivity index (χ0) is 23.8. The van der Waals surface area contributed by atoms with E-state index < -0.39 is 29.7 Å². The highest BCUT2D eigenvalue weighted by Gasteiger charge is 2.13. The van der Waals surface area contributed by atoms with E-state index in [4.69, 9.17) is 9.47 Å². The van der Waals surface area contributed by atoms with Gasteiger partial charge in [-0.05, 0) is 55.5 Å². The SMILES string of the molecule is CCOc1ccc(NC(=O)c2ccc(NC(=O)COC(=O)c3cc(=O)[nH]c(=O)[nH]3)cc2)cc1. The van der Waals surface area contributed by atoms with Gasteiger partial charge in [0.1, 0.15) is 11.4 Å². The Morgan fingerprint density at radius 1 is 0.879 bits per heavy atom. The smallest absolute Gasteiger partial charge is 0.355 e. The van der Waals surface area contributed by atoms with Gasteiger partial charge in [0, 0.05) is 23.0 Å². The summed E-state index contributed by atoms with van der Waals surface area (Å²) >= 11 is 0. The predicted molar refractivity (Wildman–Crippen MR) is 119 cm³/mol. The molecule has 0 fully saturated rings. The Hall–Kier alpha value is -4.67. The summed E-state index contributed by atoms with van der Waals surface area (Å²) in [5.41, 5.74) is -0.680. The molecule has 0 aliphatic carbocycles. The number of rotatable bonds is 8. The number of amides is 2. The van der Waals surface area contributed by atoms with Gasteiger partial charge in [0.05, 0.1) is 6.61 Å². The Morgan fingerprint density at radius 3 is 2.15 bits per heavy atom. The molecule has 0 aliphatic heterocycles. The minimum absolute atomic E-state index is 0.335. The molecule has 11 heteroatoms. The summed E-state index contributed by atoms with van der Waals surface area (Å²) in [5, 5.41) is 5.26. The molecule has 11 nitrogen and oxygen atoms in total. The highest BCUT2D eigenvalue weighted by Crippen LogP contribution is 2.17. The zero-order valence-corrected chi connectivity index (χ0v) is 17.5. The highest BCUT2D eigenvalue weighted by atomic mass is 16.5. The number of aromatic nitrogens is 2. The van der Waals surface area contributed by atoms with Gasteiger partial charge in [0.2, 0.25) is 0 Å². The molecule has 2 aromatic carbocycles. The average Bonchev–Trinajstić information content (AvgIpc) is 2.79. The maximum atomic E-state index is 12.4. The fraction of sp³-hybridized carbons (Fsp3) is 0.136. The van der Waals surface area contributed by atoms with Gasteiger partial charge in [-0.3, -0.25) is 19.4 Å². The number of hydrogen-bond donors (Lipinski definition) is 4. The largest absolute Gasteiger partial charge is 0.494 e. The van der Waals surface area contributed by atoms with Crippen LogP contribution in [0.3, 0.4) is 0 Å². The fourth-order valence-corrected chi connectivity index (χ4v) is 2.69. The lowest BCUT2D eigenvalue weighted by Crippen LogP contribution is -2.27. The molecule has 0 saturated carbocycles. The molecule has 1 aromatic heterocycles. The van der Waals surface area contributed by atoms with Gasteiger partial charge < -0.3 is 25.1 Å². The molecule has 4 N–H and O–H groups in total. The molecule has 0 spiro atoms. The maximum Gasteiger partial charge on any atom is 0.355 e. The quantitative estimate of drug-likeness (QED) is 0.377. The van der Waals surface area contributed by atoms with Crippen molar-refractivity contribution in [3.05, 3.63) is 86.7 Å². The van der Waals surface area contributed by atoms with E-state index in [1.54, 1.807) is 24.3 Å². The third-order valence-electron chi connectivity index (χ3n) is 4.17. The van der Waals surface area contributed by atoms with Crippen molar-refractivity contribution >= 4 is 29.2 Å². The van der Waals surface area contributed by atoms with E-state index >= 15 is 0 Å². The first-order valence-corrected chi connectivity index (χ1v) is 9.79. The van der Waals surface area contributed by atoms with Crippen molar-refractivity contribution in [1.29, 1.82) is 0 Å². The number of H-pyrrole nitrogens is 2. The number of esters is 1. The standard InChI is InChI=1S/C22H20N4O7/c1-2-32-16-9-7-15(8-10-16)24-20(29)13-3-5-14(6-4-13)23-19(28)12-33-21(30)17-11-18(27)26-22(31)25-17/h3-11H,2,12H2,1H3,(H,23,28)(H,24,29)(H2,25,26,27,31). The van der Waals surface area contributed by atoms with Gasteiger partial charge in [0.25, 0.3) is 17.4 Å². The van der Waals surface area contributed by atoms with Crippen LogP contribution in [0.4, 0.5) is 11.4 Å². The van der Waals surface area contributed by atoms with Crippen LogP contribution in [-0.2, 0) is 9.53 Å². The van der Waals surface area contributed by atoms with Crippen molar-refractivity contribution in [1.82, 2.24) is 9.97 Å². The van der Waals surface area contributed by atoms with E-state index in [9.17, 15) is 24.0 Å². The number of carbonyl (C=O) groups is 3. The van der Waals surface area contributed by atoms with Crippen molar-refractivity contribution in [2.75, 3.05) is 23.8 Å². The van der Waals surface area contributed by atoms with E-state index in [2.05, 4.69) is 15.6 Å². The second-order valence-electron chi connectivity index (χ2n) is 6.61. The number of carbonyl (C=O) groups excluding carboxylic acids is 3. The molecular weight excluding hydrogens is 432 g/mol. The van der Waals surface area contributed by atoms with Gasteiger partial charge >= 0.3 is 11.7 Å². The summed E-state index contributed by atoms with van der Waals surface area (Å²) in [6, 6.07) is 13.9. The molecule has 3 rings (SSSR count). The maximum absolute atomic E-state index is 12.4. The van der Waals surface area contributed by atoms with E-state index in [1.165, 1.54) is 24.3 Å². The lowest BCUT2D eigenvalue weighted by atomic mass is 10.2. The first-order chi connectivity index (χ1) is 15.8. The van der Waals surface area contributed by atoms with Gasteiger partial charge in [0.15, 0.2) is 6.61 Å². The number of aromatic amines is 2. The Morgan fingerprint density at radius 2 is 1.52 bits per heavy atom. The van der Waals surface area contributed by atoms with Crippen LogP contribution >= 0.6 is 0 Å². The third-order valence-corrected chi connectivity index (χ3v) is 4.17. The van der Waals surface area contributed by atoms with Crippen LogP contribution in [0.1, 0.15) is 27.8 Å². The van der Waals surface area contributed by atoms with Crippen LogP contribution < -0.4 is 26.6 Å². The van der Waals surface area contributed by atoms with Crippen LogP contribution in [0.25, 0.3) is 0 Å². The monoisotopic (exact) mass is 452 g/mol. The molecule has 0 bridgehead atoms. The van der Waals surface area contributed by atoms with Crippen LogP contribution in [-0.4, -0.2) is 41.0 Å². The third kappa shape index (κ3) is 6.66. The lowest BCUT2D eigenvalue weighted by Gasteiger charge is -2.09. The second-order valence-corrected chi connectivity index (χ2v) is 6.61. The number of benzene rings is 2. The lowest BCUT2D eigenvalue weighted by molar-refractivity contribution is -0.119. The molecule has 33 heavy (non-hydrogen) atoms. The van der Waals surface area contributed by atoms with Crippen molar-refractivity contribution < 1.29 is 23.9 Å². The fourth-order valence-electron chi connectivity index (χ4n) is 2.69. The van der Waals surface area contributed by atoms with Crippen LogP contribution in [0.2, 0.25) is 0 Å². The number of ether oxygens (including phenoxy) is 2. The molecule has 0 aliphatic rings. The molecule has 0 saturated heterocycles. The molecule has 0 radical (unpaired) electrons. The second kappa shape index (κ2) is 10.6. The summed E-state index contributed by atoms with van der Waals surface area (Å²) in [6.07, 6.45) is 0. The molecule has 0 atom stereocenters. The van der Waals surface area contributed by atoms with Crippen molar-refractivity contribution in [2.45, 2.75) is 6.92 Å². The number of nitrogens with one attached hydrogen (secondary N) is 4. The van der Waals surface area contributed by atoms with Gasteiger partial charge in [-0.15, -0.1) is 0 Å². The zero-order valence-electron chi connectivity index (χ0n) is 17.5. The highest BCUT2D eigenvalue weighted by molar-refractivity contribution is 6.04. The molecule has 170 valence electrons. The Kier molecular flexibility index (Phi) is 7.37. The van der Waals surface area contributed by atoms with Gasteiger partial charge in [-0.2, -0.15) is 0 Å². The van der Waals surface area contributed by atoms with Crippen molar-refractivity contribution in [2.24, 2.45) is 0 Å². The van der Waals surface area contributed by atoms with Crippen molar-refractivity contribution in [3.63, 3.8) is 0 Å². The van der Waals surface area contributed by atoms with E-state index in [0.717, 1.165) is 6.07 Å². The molecule has 0 unspecified atom stereocenters. The van der Waals surface area contributed by atoms with E-state index in [-0.39, 0.29) is 11.6 Å². The first-order valence-electron chi connectivity index (χ1n) is 9.79. The van der Waals surface area contributed by atoms with Crippen LogP contribution in [0.15, 0.2) is 64.2 Å². The molecule has 2 amide bonds. The normalized spacial score (nSPS) is 10.2. The predicted octanol–water partition coefficient (Wildman–Crippen LogP) is 1.51. The van der Waals surface area contributed by atoms with Crippen LogP contribution in [0, 0.1) is 0 Å². The number of anilines is 2. The Bertz CT molecular complexity index is 1230. The Balaban J connectivity index is 1.51. The summed E-state index contributed by atoms with van der Waals surface area (Å²) < 4.78 is 10.1. The first kappa shape index (κ1) is 23.0. The number of hydrogen-bond acceptors (Lipinski definition) is 7. The summed E-state index contributed by atoms with van der Waals surface area (Å²) in [7, 11) is 0. The molecular formula is C22H20N4O7. The van der Waals surface area contributed by atoms with E-state index in [1.807, 2.05) is 11.9 Å². The average molecular weight is 452 g/mol. The minimum atomic E-state index is -1.03. The van der Waals surface area contributed by atoms with Gasteiger partial charge in [-0.25, -0.2) is 9.59 Å². The minimum Gasteiger partial charge on any atom is -0.494 e. The molecule has 1 heterocycles. The molecule has 3 aromatic rings.